The number of sulfonamides is 1. The highest BCUT2D eigenvalue weighted by molar-refractivity contribution is 7.92. The molecule has 1 aromatic heterocycles. The Morgan fingerprint density at radius 2 is 1.65 bits per heavy atom. The van der Waals surface area contributed by atoms with Crippen LogP contribution in [-0.2, 0) is 10.0 Å². The molecule has 0 radical (unpaired) electrons. The van der Waals surface area contributed by atoms with Crippen LogP contribution in [0.5, 0.6) is 5.88 Å². The van der Waals surface area contributed by atoms with Crippen LogP contribution in [0.1, 0.15) is 39.4 Å². The fourth-order valence-electron chi connectivity index (χ4n) is 5.07. The Kier molecular flexibility index (Phi) is 7.81. The van der Waals surface area contributed by atoms with E-state index < -0.39 is 16.0 Å². The second kappa shape index (κ2) is 11.4. The molecule has 5 rings (SSSR count). The molecule has 1 aliphatic heterocycles. The Morgan fingerprint density at radius 3 is 2.38 bits per heavy atom. The van der Waals surface area contributed by atoms with Crippen molar-refractivity contribution in [1.29, 1.82) is 0 Å². The molecule has 0 amide bonds. The Hall–Kier alpha value is -4.28. The molecule has 1 saturated heterocycles. The fraction of sp³-hybridized carbons (Fsp3) is 0.233. The number of piperidine rings is 1. The number of hydrogen-bond acceptors (Lipinski definition) is 7. The molecule has 0 aliphatic carbocycles. The number of carbonyl (C=O) groups is 1. The van der Waals surface area contributed by atoms with Crippen molar-refractivity contribution in [1.82, 2.24) is 15.3 Å². The second-order valence-electron chi connectivity index (χ2n) is 9.83. The Balaban J connectivity index is 1.51. The van der Waals surface area contributed by atoms with E-state index in [0.29, 0.717) is 12.2 Å². The number of ether oxygens (including phenoxy) is 1. The van der Waals surface area contributed by atoms with Crippen molar-refractivity contribution < 1.29 is 23.1 Å². The predicted molar refractivity (Wildman–Crippen MR) is 152 cm³/mol. The van der Waals surface area contributed by atoms with Gasteiger partial charge in [-0.15, -0.1) is 0 Å². The van der Waals surface area contributed by atoms with E-state index in [2.05, 4.69) is 32.1 Å². The van der Waals surface area contributed by atoms with Gasteiger partial charge in [0.15, 0.2) is 0 Å². The van der Waals surface area contributed by atoms with Crippen LogP contribution < -0.4 is 14.8 Å². The molecule has 3 aromatic carbocycles. The van der Waals surface area contributed by atoms with Crippen molar-refractivity contribution in [2.75, 3.05) is 17.8 Å². The van der Waals surface area contributed by atoms with Gasteiger partial charge in [0.1, 0.15) is 11.0 Å². The minimum Gasteiger partial charge on any atom is -0.478 e. The fourth-order valence-corrected chi connectivity index (χ4v) is 6.22. The highest BCUT2D eigenvalue weighted by Gasteiger charge is 2.27. The van der Waals surface area contributed by atoms with E-state index in [-0.39, 0.29) is 34.3 Å². The molecule has 10 heteroatoms. The van der Waals surface area contributed by atoms with Crippen molar-refractivity contribution in [3.8, 4) is 17.1 Å². The average molecular weight is 559 g/mol. The number of rotatable bonds is 8. The van der Waals surface area contributed by atoms with Crippen LogP contribution in [0.2, 0.25) is 0 Å². The quantitative estimate of drug-likeness (QED) is 0.282. The third-order valence-corrected chi connectivity index (χ3v) is 8.33. The molecule has 0 saturated carbocycles. The van der Waals surface area contributed by atoms with Crippen molar-refractivity contribution in [3.63, 3.8) is 0 Å². The number of aryl methyl sites for hydroxylation is 2. The second-order valence-corrected chi connectivity index (χ2v) is 11.5. The predicted octanol–water partition coefficient (Wildman–Crippen LogP) is 4.78. The van der Waals surface area contributed by atoms with Gasteiger partial charge >= 0.3 is 5.97 Å². The van der Waals surface area contributed by atoms with Crippen LogP contribution in [0, 0.1) is 13.8 Å². The zero-order valence-corrected chi connectivity index (χ0v) is 23.0. The van der Waals surface area contributed by atoms with Gasteiger partial charge < -0.3 is 15.2 Å². The van der Waals surface area contributed by atoms with Crippen LogP contribution in [-0.4, -0.2) is 48.7 Å². The summed E-state index contributed by atoms with van der Waals surface area (Å²) in [5.74, 6) is -1.09. The normalized spacial score (nSPS) is 17.2. The van der Waals surface area contributed by atoms with Crippen molar-refractivity contribution in [2.45, 2.75) is 37.2 Å². The minimum atomic E-state index is -4.33. The highest BCUT2D eigenvalue weighted by Crippen LogP contribution is 2.31. The number of carboxylic acid groups (broad SMARTS) is 1. The van der Waals surface area contributed by atoms with Gasteiger partial charge in [0.25, 0.3) is 10.0 Å². The van der Waals surface area contributed by atoms with Gasteiger partial charge in [0, 0.05) is 24.7 Å². The molecule has 1 fully saturated rings. The first-order valence-corrected chi connectivity index (χ1v) is 14.4. The SMILES string of the molecule is Cc1cccc(C)c1-c1cc(OC2CNCC(c3ccccc3)C2)nc(NS(=O)(=O)c2ccccc2C(=O)O)n1. The number of aromatic carboxylic acids is 1. The van der Waals surface area contributed by atoms with Crippen LogP contribution in [0.15, 0.2) is 83.8 Å². The average Bonchev–Trinajstić information content (AvgIpc) is 2.93. The number of nitrogens with zero attached hydrogens (tertiary/aromatic N) is 2. The van der Waals surface area contributed by atoms with E-state index in [1.165, 1.54) is 29.8 Å². The standard InChI is InChI=1S/C30H30N4O5S/c1-19-9-8-10-20(2)28(19)25-16-27(39-23-15-22(17-31-18-23)21-11-4-3-5-12-21)33-30(32-25)34-40(37,38)26-14-7-6-13-24(26)29(35)36/h3-14,16,22-23,31H,15,17-18H2,1-2H3,(H,35,36)(H,32,33,34). The van der Waals surface area contributed by atoms with Gasteiger partial charge in [-0.3, -0.25) is 0 Å². The summed E-state index contributed by atoms with van der Waals surface area (Å²) < 4.78 is 35.3. The molecule has 206 valence electrons. The van der Waals surface area contributed by atoms with E-state index in [0.717, 1.165) is 29.7 Å². The van der Waals surface area contributed by atoms with Gasteiger partial charge in [0.05, 0.1) is 11.3 Å². The maximum atomic E-state index is 13.3. The van der Waals surface area contributed by atoms with Gasteiger partial charge in [-0.05, 0) is 55.0 Å². The van der Waals surface area contributed by atoms with E-state index >= 15 is 0 Å². The largest absolute Gasteiger partial charge is 0.478 e. The van der Waals surface area contributed by atoms with Crippen molar-refractivity contribution in [2.24, 2.45) is 0 Å². The van der Waals surface area contributed by atoms with Crippen LogP contribution in [0.4, 0.5) is 5.95 Å². The number of anilines is 1. The lowest BCUT2D eigenvalue weighted by molar-refractivity contribution is 0.0692. The topological polar surface area (TPSA) is 131 Å². The van der Waals surface area contributed by atoms with Gasteiger partial charge in [-0.25, -0.2) is 22.9 Å². The molecule has 0 spiro atoms. The molecule has 3 N–H and O–H groups in total. The van der Waals surface area contributed by atoms with Gasteiger partial charge in [-0.2, -0.15) is 4.98 Å². The zero-order valence-electron chi connectivity index (χ0n) is 22.2. The summed E-state index contributed by atoms with van der Waals surface area (Å²) in [6.45, 7) is 5.34. The van der Waals surface area contributed by atoms with Gasteiger partial charge in [0.2, 0.25) is 11.8 Å². The third kappa shape index (κ3) is 5.98. The lowest BCUT2D eigenvalue weighted by Crippen LogP contribution is -2.41. The number of nitrogens with one attached hydrogen (secondary N) is 2. The smallest absolute Gasteiger partial charge is 0.337 e. The summed E-state index contributed by atoms with van der Waals surface area (Å²) in [6.07, 6.45) is 0.546. The monoisotopic (exact) mass is 558 g/mol. The van der Waals surface area contributed by atoms with E-state index in [4.69, 9.17) is 4.74 Å². The molecular weight excluding hydrogens is 528 g/mol. The molecule has 2 heterocycles. The molecule has 2 unspecified atom stereocenters. The first-order chi connectivity index (χ1) is 19.2. The summed E-state index contributed by atoms with van der Waals surface area (Å²) in [5, 5.41) is 13.0. The summed E-state index contributed by atoms with van der Waals surface area (Å²) in [5.41, 5.74) is 4.11. The highest BCUT2D eigenvalue weighted by atomic mass is 32.2. The maximum Gasteiger partial charge on any atom is 0.337 e. The minimum absolute atomic E-state index is 0.210. The summed E-state index contributed by atoms with van der Waals surface area (Å²) in [7, 11) is -4.33. The Labute approximate surface area is 233 Å². The van der Waals surface area contributed by atoms with Crippen LogP contribution in [0.25, 0.3) is 11.3 Å². The Morgan fingerprint density at radius 1 is 0.950 bits per heavy atom. The Bertz CT molecular complexity index is 1620. The number of benzene rings is 3. The van der Waals surface area contributed by atoms with Crippen LogP contribution in [0.3, 0.4) is 0 Å². The lowest BCUT2D eigenvalue weighted by Gasteiger charge is -2.30. The molecular formula is C30H30N4O5S. The van der Waals surface area contributed by atoms with Crippen molar-refractivity contribution >= 4 is 21.9 Å². The van der Waals surface area contributed by atoms with Crippen molar-refractivity contribution in [3.05, 3.63) is 101 Å². The summed E-state index contributed by atoms with van der Waals surface area (Å²) >= 11 is 0. The zero-order chi connectivity index (χ0) is 28.3. The molecule has 40 heavy (non-hydrogen) atoms. The molecule has 1 aliphatic rings. The maximum absolute atomic E-state index is 13.3. The first-order valence-electron chi connectivity index (χ1n) is 12.9. The summed E-state index contributed by atoms with van der Waals surface area (Å²) in [4.78, 5) is 20.2. The summed E-state index contributed by atoms with van der Waals surface area (Å²) in [6, 6.07) is 23.2. The molecule has 9 nitrogen and oxygen atoms in total. The number of carboxylic acids is 1. The van der Waals surface area contributed by atoms with Crippen LogP contribution >= 0.6 is 0 Å². The third-order valence-electron chi connectivity index (χ3n) is 6.94. The van der Waals surface area contributed by atoms with E-state index in [9.17, 15) is 18.3 Å². The number of hydrogen-bond donors (Lipinski definition) is 3. The van der Waals surface area contributed by atoms with E-state index in [1.807, 2.05) is 50.2 Å². The molecule has 0 bridgehead atoms. The molecule has 4 aromatic rings. The molecule has 2 atom stereocenters. The number of aromatic nitrogens is 2. The van der Waals surface area contributed by atoms with Gasteiger partial charge in [-0.1, -0.05) is 60.7 Å². The van der Waals surface area contributed by atoms with E-state index in [1.54, 1.807) is 6.07 Å². The first kappa shape index (κ1) is 27.3. The lowest BCUT2D eigenvalue weighted by atomic mass is 9.90.